The van der Waals surface area contributed by atoms with Crippen molar-refractivity contribution < 1.29 is 18.7 Å². The van der Waals surface area contributed by atoms with E-state index in [9.17, 15) is 9.59 Å². The fourth-order valence-corrected chi connectivity index (χ4v) is 2.31. The maximum atomic E-state index is 12.2. The summed E-state index contributed by atoms with van der Waals surface area (Å²) in [5.41, 5.74) is 0.651. The zero-order valence-electron chi connectivity index (χ0n) is 13.6. The molecule has 1 aromatic heterocycles. The molecule has 0 unspecified atom stereocenters. The molecule has 0 aliphatic heterocycles. The van der Waals surface area contributed by atoms with Crippen LogP contribution in [0.4, 0.5) is 5.69 Å². The predicted octanol–water partition coefficient (Wildman–Crippen LogP) is 4.02. The average molecular weight is 335 g/mol. The SMILES string of the molecule is C[C@H](OC(=O)/C=C/c1ccco1)C(=O)Nc1ccc2ccccc2c1. The summed E-state index contributed by atoms with van der Waals surface area (Å²) >= 11 is 0. The molecule has 5 nitrogen and oxygen atoms in total. The lowest BCUT2D eigenvalue weighted by Gasteiger charge is -2.12. The zero-order valence-corrected chi connectivity index (χ0v) is 13.6. The Kier molecular flexibility index (Phi) is 4.95. The molecule has 25 heavy (non-hydrogen) atoms. The highest BCUT2D eigenvalue weighted by Gasteiger charge is 2.16. The molecule has 2 aromatic carbocycles. The summed E-state index contributed by atoms with van der Waals surface area (Å²) in [4.78, 5) is 23.9. The Hall–Kier alpha value is -3.34. The fourth-order valence-electron chi connectivity index (χ4n) is 2.31. The van der Waals surface area contributed by atoms with Gasteiger partial charge in [-0.3, -0.25) is 4.79 Å². The second-order valence-electron chi connectivity index (χ2n) is 5.48. The average Bonchev–Trinajstić information content (AvgIpc) is 3.13. The number of amides is 1. The van der Waals surface area contributed by atoms with Gasteiger partial charge in [0, 0.05) is 11.8 Å². The summed E-state index contributed by atoms with van der Waals surface area (Å²) in [7, 11) is 0. The summed E-state index contributed by atoms with van der Waals surface area (Å²) in [6, 6.07) is 16.9. The van der Waals surface area contributed by atoms with Gasteiger partial charge in [-0.15, -0.1) is 0 Å². The van der Waals surface area contributed by atoms with Gasteiger partial charge in [-0.2, -0.15) is 0 Å². The van der Waals surface area contributed by atoms with Crippen LogP contribution >= 0.6 is 0 Å². The van der Waals surface area contributed by atoms with E-state index in [-0.39, 0.29) is 0 Å². The van der Waals surface area contributed by atoms with E-state index < -0.39 is 18.0 Å². The Morgan fingerprint density at radius 1 is 1.08 bits per heavy atom. The van der Waals surface area contributed by atoms with Crippen molar-refractivity contribution in [1.82, 2.24) is 0 Å². The molecule has 0 aliphatic rings. The normalized spacial score (nSPS) is 12.2. The van der Waals surface area contributed by atoms with E-state index in [1.807, 2.05) is 42.5 Å². The number of furan rings is 1. The number of benzene rings is 2. The fraction of sp³-hybridized carbons (Fsp3) is 0.100. The van der Waals surface area contributed by atoms with Crippen LogP contribution in [0.15, 0.2) is 71.4 Å². The highest BCUT2D eigenvalue weighted by molar-refractivity contribution is 5.98. The minimum Gasteiger partial charge on any atom is -0.465 e. The molecule has 0 bridgehead atoms. The van der Waals surface area contributed by atoms with Gasteiger partial charge < -0.3 is 14.5 Å². The summed E-state index contributed by atoms with van der Waals surface area (Å²) in [5, 5.41) is 4.86. The second kappa shape index (κ2) is 7.49. The topological polar surface area (TPSA) is 68.5 Å². The molecule has 126 valence electrons. The molecule has 0 saturated heterocycles. The molecule has 0 aliphatic carbocycles. The van der Waals surface area contributed by atoms with Gasteiger partial charge in [-0.05, 0) is 48.0 Å². The van der Waals surface area contributed by atoms with Gasteiger partial charge in [-0.1, -0.05) is 30.3 Å². The zero-order chi connectivity index (χ0) is 17.6. The molecule has 1 heterocycles. The van der Waals surface area contributed by atoms with Crippen molar-refractivity contribution in [3.63, 3.8) is 0 Å². The summed E-state index contributed by atoms with van der Waals surface area (Å²) in [6.45, 7) is 1.52. The number of nitrogens with one attached hydrogen (secondary N) is 1. The van der Waals surface area contributed by atoms with Crippen LogP contribution in [0.2, 0.25) is 0 Å². The molecule has 0 fully saturated rings. The minimum atomic E-state index is -0.916. The smallest absolute Gasteiger partial charge is 0.331 e. The first-order chi connectivity index (χ1) is 12.1. The second-order valence-corrected chi connectivity index (χ2v) is 5.48. The van der Waals surface area contributed by atoms with E-state index in [0.29, 0.717) is 11.4 Å². The summed E-state index contributed by atoms with van der Waals surface area (Å²) in [5.74, 6) is -0.474. The van der Waals surface area contributed by atoms with E-state index >= 15 is 0 Å². The van der Waals surface area contributed by atoms with Crippen molar-refractivity contribution >= 4 is 34.4 Å². The van der Waals surface area contributed by atoms with Crippen LogP contribution in [0.25, 0.3) is 16.8 Å². The molecule has 0 spiro atoms. The van der Waals surface area contributed by atoms with Crippen molar-refractivity contribution in [3.05, 3.63) is 72.7 Å². The van der Waals surface area contributed by atoms with Crippen LogP contribution in [0.5, 0.6) is 0 Å². The molecule has 1 amide bonds. The number of hydrogen-bond acceptors (Lipinski definition) is 4. The number of esters is 1. The van der Waals surface area contributed by atoms with Crippen molar-refractivity contribution in [3.8, 4) is 0 Å². The van der Waals surface area contributed by atoms with Crippen molar-refractivity contribution in [2.75, 3.05) is 5.32 Å². The third-order valence-electron chi connectivity index (χ3n) is 3.61. The maximum absolute atomic E-state index is 12.2. The molecular formula is C20H17NO4. The Morgan fingerprint density at radius 3 is 2.64 bits per heavy atom. The lowest BCUT2D eigenvalue weighted by atomic mass is 10.1. The first-order valence-corrected chi connectivity index (χ1v) is 7.84. The predicted molar refractivity (Wildman–Crippen MR) is 95.9 cm³/mol. The van der Waals surface area contributed by atoms with Crippen LogP contribution in [-0.2, 0) is 14.3 Å². The molecule has 3 aromatic rings. The first-order valence-electron chi connectivity index (χ1n) is 7.84. The van der Waals surface area contributed by atoms with Gasteiger partial charge in [0.2, 0.25) is 0 Å². The van der Waals surface area contributed by atoms with E-state index in [2.05, 4.69) is 5.32 Å². The Balaban J connectivity index is 1.58. The lowest BCUT2D eigenvalue weighted by molar-refractivity contribution is -0.148. The Morgan fingerprint density at radius 2 is 1.88 bits per heavy atom. The van der Waals surface area contributed by atoms with Crippen LogP contribution in [0.1, 0.15) is 12.7 Å². The van der Waals surface area contributed by atoms with Crippen LogP contribution in [0, 0.1) is 0 Å². The highest BCUT2D eigenvalue weighted by Crippen LogP contribution is 2.19. The molecule has 3 rings (SSSR count). The lowest BCUT2D eigenvalue weighted by Crippen LogP contribution is -2.29. The van der Waals surface area contributed by atoms with Gasteiger partial charge in [0.25, 0.3) is 5.91 Å². The van der Waals surface area contributed by atoms with Crippen LogP contribution in [0.3, 0.4) is 0 Å². The summed E-state index contributed by atoms with van der Waals surface area (Å²) < 4.78 is 10.2. The monoisotopic (exact) mass is 335 g/mol. The van der Waals surface area contributed by atoms with Gasteiger partial charge in [0.05, 0.1) is 6.26 Å². The third kappa shape index (κ3) is 4.35. The number of carbonyl (C=O) groups is 2. The van der Waals surface area contributed by atoms with Crippen LogP contribution in [-0.4, -0.2) is 18.0 Å². The van der Waals surface area contributed by atoms with Gasteiger partial charge in [0.15, 0.2) is 6.10 Å². The molecule has 5 heteroatoms. The number of rotatable bonds is 5. The van der Waals surface area contributed by atoms with Crippen LogP contribution < -0.4 is 5.32 Å². The number of anilines is 1. The van der Waals surface area contributed by atoms with Crippen molar-refractivity contribution in [1.29, 1.82) is 0 Å². The number of fused-ring (bicyclic) bond motifs is 1. The van der Waals surface area contributed by atoms with E-state index in [0.717, 1.165) is 10.8 Å². The van der Waals surface area contributed by atoms with E-state index in [1.165, 1.54) is 25.3 Å². The van der Waals surface area contributed by atoms with Crippen molar-refractivity contribution in [2.24, 2.45) is 0 Å². The molecular weight excluding hydrogens is 318 g/mol. The third-order valence-corrected chi connectivity index (χ3v) is 3.61. The highest BCUT2D eigenvalue weighted by atomic mass is 16.5. The Bertz CT molecular complexity index is 912. The maximum Gasteiger partial charge on any atom is 0.331 e. The standard InChI is InChI=1S/C20H17NO4/c1-14(25-19(22)11-10-18-7-4-12-24-18)20(23)21-17-9-8-15-5-2-3-6-16(15)13-17/h2-14H,1H3,(H,21,23)/b11-10+/t14-/m0/s1. The largest absolute Gasteiger partial charge is 0.465 e. The van der Waals surface area contributed by atoms with E-state index in [1.54, 1.807) is 12.1 Å². The van der Waals surface area contributed by atoms with E-state index in [4.69, 9.17) is 9.15 Å². The quantitative estimate of drug-likeness (QED) is 0.565. The number of hydrogen-bond donors (Lipinski definition) is 1. The molecule has 1 N–H and O–H groups in total. The van der Waals surface area contributed by atoms with Gasteiger partial charge in [0.1, 0.15) is 5.76 Å². The van der Waals surface area contributed by atoms with Gasteiger partial charge in [-0.25, -0.2) is 4.79 Å². The van der Waals surface area contributed by atoms with Crippen molar-refractivity contribution in [2.45, 2.75) is 13.0 Å². The number of ether oxygens (including phenoxy) is 1. The number of carbonyl (C=O) groups excluding carboxylic acids is 2. The molecule has 0 radical (unpaired) electrons. The Labute approximate surface area is 144 Å². The first kappa shape index (κ1) is 16.5. The minimum absolute atomic E-state index is 0.393. The molecule has 0 saturated carbocycles. The summed E-state index contributed by atoms with van der Waals surface area (Å²) in [6.07, 6.45) is 3.29. The molecule has 1 atom stereocenters. The van der Waals surface area contributed by atoms with Gasteiger partial charge >= 0.3 is 5.97 Å².